The van der Waals surface area contributed by atoms with Crippen molar-refractivity contribution in [3.63, 3.8) is 0 Å². The number of hydrogen-bond acceptors (Lipinski definition) is 3. The Bertz CT molecular complexity index is 426. The van der Waals surface area contributed by atoms with Crippen molar-refractivity contribution < 1.29 is 14.3 Å². The van der Waals surface area contributed by atoms with Gasteiger partial charge in [-0.1, -0.05) is 11.6 Å². The molecule has 0 saturated carbocycles. The van der Waals surface area contributed by atoms with E-state index in [0.29, 0.717) is 16.3 Å². The maximum absolute atomic E-state index is 13.3. The topological polar surface area (TPSA) is 75.3 Å². The Morgan fingerprint density at radius 1 is 1.65 bits per heavy atom. The van der Waals surface area contributed by atoms with Crippen LogP contribution in [-0.4, -0.2) is 23.7 Å². The van der Waals surface area contributed by atoms with Crippen LogP contribution in [0.3, 0.4) is 0 Å². The zero-order chi connectivity index (χ0) is 13.0. The van der Waals surface area contributed by atoms with Crippen LogP contribution in [0.5, 0.6) is 0 Å². The Kier molecular flexibility index (Phi) is 4.72. The van der Waals surface area contributed by atoms with Crippen molar-refractivity contribution in [2.24, 2.45) is 5.73 Å². The highest BCUT2D eigenvalue weighted by molar-refractivity contribution is 6.33. The van der Waals surface area contributed by atoms with E-state index in [1.807, 2.05) is 0 Å². The molecule has 0 aliphatic heterocycles. The lowest BCUT2D eigenvalue weighted by molar-refractivity contribution is -0.137. The highest BCUT2D eigenvalue weighted by atomic mass is 35.5. The summed E-state index contributed by atoms with van der Waals surface area (Å²) in [5, 5.41) is 11.7. The predicted octanol–water partition coefficient (Wildman–Crippen LogP) is 2.00. The van der Waals surface area contributed by atoms with Gasteiger partial charge in [-0.2, -0.15) is 0 Å². The highest BCUT2D eigenvalue weighted by Gasteiger charge is 2.10. The predicted molar refractivity (Wildman–Crippen MR) is 64.9 cm³/mol. The second-order valence-electron chi connectivity index (χ2n) is 3.82. The van der Waals surface area contributed by atoms with E-state index in [1.54, 1.807) is 6.92 Å². The molecule has 17 heavy (non-hydrogen) atoms. The zero-order valence-electron chi connectivity index (χ0n) is 9.34. The number of nitrogens with two attached hydrogens (primary N) is 1. The van der Waals surface area contributed by atoms with Crippen LogP contribution >= 0.6 is 11.6 Å². The second-order valence-corrected chi connectivity index (χ2v) is 4.23. The average Bonchev–Trinajstić information content (AvgIpc) is 2.20. The first-order valence-corrected chi connectivity index (χ1v) is 5.45. The van der Waals surface area contributed by atoms with Gasteiger partial charge in [0.1, 0.15) is 5.82 Å². The number of carbonyl (C=O) groups is 1. The normalized spacial score (nSPS) is 12.2. The van der Waals surface area contributed by atoms with Gasteiger partial charge in [-0.25, -0.2) is 4.39 Å². The molecule has 0 amide bonds. The Morgan fingerprint density at radius 3 is 2.88 bits per heavy atom. The number of aryl methyl sites for hydroxylation is 1. The largest absolute Gasteiger partial charge is 0.481 e. The van der Waals surface area contributed by atoms with Crippen molar-refractivity contribution in [2.75, 3.05) is 11.9 Å². The molecule has 0 aliphatic rings. The third-order valence-electron chi connectivity index (χ3n) is 2.24. The monoisotopic (exact) mass is 260 g/mol. The van der Waals surface area contributed by atoms with Crippen molar-refractivity contribution in [1.29, 1.82) is 0 Å². The lowest BCUT2D eigenvalue weighted by Gasteiger charge is -2.13. The van der Waals surface area contributed by atoms with Crippen molar-refractivity contribution in [3.05, 3.63) is 28.5 Å². The summed E-state index contributed by atoms with van der Waals surface area (Å²) in [6.07, 6.45) is -0.154. The number of nitrogens with one attached hydrogen (secondary N) is 1. The average molecular weight is 261 g/mol. The number of benzene rings is 1. The summed E-state index contributed by atoms with van der Waals surface area (Å²) in [7, 11) is 0. The van der Waals surface area contributed by atoms with E-state index in [9.17, 15) is 9.18 Å². The summed E-state index contributed by atoms with van der Waals surface area (Å²) in [6, 6.07) is 2.22. The summed E-state index contributed by atoms with van der Waals surface area (Å²) in [4.78, 5) is 10.4. The van der Waals surface area contributed by atoms with Crippen LogP contribution in [0.25, 0.3) is 0 Å². The maximum Gasteiger partial charge on any atom is 0.304 e. The van der Waals surface area contributed by atoms with Crippen molar-refractivity contribution in [3.8, 4) is 0 Å². The van der Waals surface area contributed by atoms with Gasteiger partial charge >= 0.3 is 5.97 Å². The molecule has 0 saturated heterocycles. The summed E-state index contributed by atoms with van der Waals surface area (Å²) in [6.45, 7) is 1.83. The van der Waals surface area contributed by atoms with Gasteiger partial charge in [0.25, 0.3) is 0 Å². The van der Waals surface area contributed by atoms with E-state index in [1.165, 1.54) is 12.1 Å². The van der Waals surface area contributed by atoms with E-state index in [2.05, 4.69) is 5.32 Å². The van der Waals surface area contributed by atoms with Crippen molar-refractivity contribution >= 4 is 23.3 Å². The van der Waals surface area contributed by atoms with E-state index < -0.39 is 12.0 Å². The third kappa shape index (κ3) is 4.20. The molecule has 0 heterocycles. The Morgan fingerprint density at radius 2 is 2.29 bits per heavy atom. The zero-order valence-corrected chi connectivity index (χ0v) is 10.1. The Labute approximate surface area is 104 Å². The van der Waals surface area contributed by atoms with Gasteiger partial charge in [0.05, 0.1) is 17.1 Å². The third-order valence-corrected chi connectivity index (χ3v) is 2.55. The van der Waals surface area contributed by atoms with Crippen LogP contribution < -0.4 is 11.1 Å². The van der Waals surface area contributed by atoms with Crippen molar-refractivity contribution in [1.82, 2.24) is 0 Å². The molecule has 1 atom stereocenters. The Balaban J connectivity index is 2.63. The van der Waals surface area contributed by atoms with Gasteiger partial charge in [-0.3, -0.25) is 4.79 Å². The van der Waals surface area contributed by atoms with E-state index in [-0.39, 0.29) is 18.8 Å². The van der Waals surface area contributed by atoms with Gasteiger partial charge in [-0.05, 0) is 24.6 Å². The maximum atomic E-state index is 13.3. The summed E-state index contributed by atoms with van der Waals surface area (Å²) in [5.41, 5.74) is 6.43. The molecule has 94 valence electrons. The molecule has 1 rings (SSSR count). The lowest BCUT2D eigenvalue weighted by atomic mass is 10.2. The van der Waals surface area contributed by atoms with Gasteiger partial charge in [-0.15, -0.1) is 0 Å². The molecule has 0 spiro atoms. The highest BCUT2D eigenvalue weighted by Crippen LogP contribution is 2.24. The Hall–Kier alpha value is -1.33. The van der Waals surface area contributed by atoms with Crippen LogP contribution in [0.1, 0.15) is 12.0 Å². The first-order valence-electron chi connectivity index (χ1n) is 5.07. The van der Waals surface area contributed by atoms with Crippen LogP contribution in [0.15, 0.2) is 12.1 Å². The molecule has 4 N–H and O–H groups in total. The molecular weight excluding hydrogens is 247 g/mol. The molecule has 1 unspecified atom stereocenters. The fourth-order valence-corrected chi connectivity index (χ4v) is 1.60. The van der Waals surface area contributed by atoms with Gasteiger partial charge in [0.15, 0.2) is 0 Å². The van der Waals surface area contributed by atoms with Crippen LogP contribution in [0.2, 0.25) is 5.02 Å². The first-order chi connectivity index (χ1) is 7.90. The number of halogens is 2. The molecule has 1 aromatic carbocycles. The minimum atomic E-state index is -0.972. The SMILES string of the molecule is Cc1cc(Cl)c(NCC(N)CC(=O)O)cc1F. The number of rotatable bonds is 5. The van der Waals surface area contributed by atoms with E-state index >= 15 is 0 Å². The molecule has 0 aromatic heterocycles. The number of hydrogen-bond donors (Lipinski definition) is 3. The molecule has 1 aromatic rings. The van der Waals surface area contributed by atoms with Crippen LogP contribution in [0, 0.1) is 12.7 Å². The lowest BCUT2D eigenvalue weighted by Crippen LogP contribution is -2.31. The van der Waals surface area contributed by atoms with Crippen LogP contribution in [0.4, 0.5) is 10.1 Å². The second kappa shape index (κ2) is 5.84. The fourth-order valence-electron chi connectivity index (χ4n) is 1.32. The minimum absolute atomic E-state index is 0.154. The van der Waals surface area contributed by atoms with Crippen LogP contribution in [-0.2, 0) is 4.79 Å². The molecule has 0 radical (unpaired) electrons. The molecule has 4 nitrogen and oxygen atoms in total. The minimum Gasteiger partial charge on any atom is -0.481 e. The summed E-state index contributed by atoms with van der Waals surface area (Å²) >= 11 is 5.90. The summed E-state index contributed by atoms with van der Waals surface area (Å²) in [5.74, 6) is -1.34. The smallest absolute Gasteiger partial charge is 0.304 e. The number of anilines is 1. The number of aliphatic carboxylic acids is 1. The molecular formula is C11H14ClFN2O2. The van der Waals surface area contributed by atoms with Gasteiger partial charge in [0, 0.05) is 12.6 Å². The first kappa shape index (κ1) is 13.7. The fraction of sp³-hybridized carbons (Fsp3) is 0.364. The van der Waals surface area contributed by atoms with Crippen molar-refractivity contribution in [2.45, 2.75) is 19.4 Å². The molecule has 0 bridgehead atoms. The number of carboxylic acid groups (broad SMARTS) is 1. The van der Waals surface area contributed by atoms with Gasteiger partial charge < -0.3 is 16.2 Å². The quantitative estimate of drug-likeness (QED) is 0.757. The van der Waals surface area contributed by atoms with E-state index in [4.69, 9.17) is 22.4 Å². The molecule has 0 fully saturated rings. The molecule has 0 aliphatic carbocycles. The standard InChI is InChI=1S/C11H14ClFN2O2/c1-6-2-8(12)10(4-9(6)13)15-5-7(14)3-11(16)17/h2,4,7,15H,3,5,14H2,1H3,(H,16,17). The molecule has 6 heteroatoms. The van der Waals surface area contributed by atoms with Gasteiger partial charge in [0.2, 0.25) is 0 Å². The van der Waals surface area contributed by atoms with E-state index in [0.717, 1.165) is 0 Å². The number of carboxylic acids is 1. The summed E-state index contributed by atoms with van der Waals surface area (Å²) < 4.78 is 13.3.